The number of carboxylic acid groups (broad SMARTS) is 1. The van der Waals surface area contributed by atoms with Crippen LogP contribution in [-0.4, -0.2) is 52.8 Å². The van der Waals surface area contributed by atoms with Crippen LogP contribution in [0, 0.1) is 0 Å². The van der Waals surface area contributed by atoms with Gasteiger partial charge in [0, 0.05) is 31.6 Å². The number of hydrogen-bond acceptors (Lipinski definition) is 4. The van der Waals surface area contributed by atoms with Gasteiger partial charge in [0.05, 0.1) is 0 Å². The molecule has 0 aromatic heterocycles. The first-order valence-corrected chi connectivity index (χ1v) is 8.13. The van der Waals surface area contributed by atoms with Crippen molar-refractivity contribution < 1.29 is 19.4 Å². The van der Waals surface area contributed by atoms with Crippen molar-refractivity contribution in [3.05, 3.63) is 0 Å². The summed E-state index contributed by atoms with van der Waals surface area (Å²) in [6, 6.07) is 0.505. The quantitative estimate of drug-likeness (QED) is 0.815. The molecule has 1 amide bonds. The summed E-state index contributed by atoms with van der Waals surface area (Å²) in [7, 11) is 0. The second-order valence-electron chi connectivity index (χ2n) is 7.10. The van der Waals surface area contributed by atoms with Crippen molar-refractivity contribution in [1.82, 2.24) is 10.2 Å². The fourth-order valence-corrected chi connectivity index (χ4v) is 2.60. The molecule has 1 aliphatic heterocycles. The first kappa shape index (κ1) is 18.7. The van der Waals surface area contributed by atoms with Gasteiger partial charge in [0.25, 0.3) is 0 Å². The Labute approximate surface area is 133 Å². The van der Waals surface area contributed by atoms with E-state index in [1.807, 2.05) is 27.7 Å². The molecule has 1 heterocycles. The van der Waals surface area contributed by atoms with Crippen molar-refractivity contribution in [2.75, 3.05) is 13.1 Å². The third-order valence-corrected chi connectivity index (χ3v) is 3.69. The summed E-state index contributed by atoms with van der Waals surface area (Å²) in [6.45, 7) is 9.03. The highest BCUT2D eigenvalue weighted by atomic mass is 16.6. The van der Waals surface area contributed by atoms with Crippen LogP contribution in [-0.2, 0) is 9.53 Å². The largest absolute Gasteiger partial charge is 0.481 e. The highest BCUT2D eigenvalue weighted by Crippen LogP contribution is 2.16. The van der Waals surface area contributed by atoms with Crippen LogP contribution in [0.1, 0.15) is 59.8 Å². The highest BCUT2D eigenvalue weighted by molar-refractivity contribution is 5.68. The minimum Gasteiger partial charge on any atom is -0.481 e. The number of ether oxygens (including phenoxy) is 1. The smallest absolute Gasteiger partial charge is 0.410 e. The molecule has 6 nitrogen and oxygen atoms in total. The number of rotatable bonds is 5. The molecule has 0 spiro atoms. The zero-order chi connectivity index (χ0) is 16.8. The average Bonchev–Trinajstić information content (AvgIpc) is 2.60. The molecular formula is C16H30N2O4. The Bertz CT molecular complexity index is 379. The van der Waals surface area contributed by atoms with E-state index >= 15 is 0 Å². The number of nitrogens with one attached hydrogen (secondary N) is 1. The number of carbonyl (C=O) groups is 2. The lowest BCUT2D eigenvalue weighted by Gasteiger charge is -2.26. The van der Waals surface area contributed by atoms with Gasteiger partial charge >= 0.3 is 12.1 Å². The molecule has 0 radical (unpaired) electrons. The van der Waals surface area contributed by atoms with E-state index in [0.29, 0.717) is 19.0 Å². The van der Waals surface area contributed by atoms with E-state index in [-0.39, 0.29) is 18.6 Å². The molecular weight excluding hydrogens is 284 g/mol. The molecule has 0 aliphatic carbocycles. The second-order valence-corrected chi connectivity index (χ2v) is 7.10. The number of carboxylic acids is 1. The Kier molecular flexibility index (Phi) is 7.13. The fourth-order valence-electron chi connectivity index (χ4n) is 2.60. The lowest BCUT2D eigenvalue weighted by Crippen LogP contribution is -2.39. The molecule has 1 rings (SSSR count). The zero-order valence-electron chi connectivity index (χ0n) is 14.2. The van der Waals surface area contributed by atoms with Crippen LogP contribution in [0.25, 0.3) is 0 Å². The summed E-state index contributed by atoms with van der Waals surface area (Å²) < 4.78 is 5.42. The molecule has 128 valence electrons. The van der Waals surface area contributed by atoms with E-state index in [9.17, 15) is 9.59 Å². The van der Waals surface area contributed by atoms with E-state index in [4.69, 9.17) is 9.84 Å². The maximum atomic E-state index is 12.1. The summed E-state index contributed by atoms with van der Waals surface area (Å²) in [6.07, 6.45) is 3.37. The van der Waals surface area contributed by atoms with Crippen LogP contribution in [0.3, 0.4) is 0 Å². The average molecular weight is 314 g/mol. The van der Waals surface area contributed by atoms with Crippen LogP contribution >= 0.6 is 0 Å². The van der Waals surface area contributed by atoms with Gasteiger partial charge in [-0.3, -0.25) is 4.79 Å². The SMILES string of the molecule is CC(CCC(=O)O)NC1CCCN(C(=O)OC(C)(C)C)CC1. The third kappa shape index (κ3) is 7.64. The fraction of sp³-hybridized carbons (Fsp3) is 0.875. The summed E-state index contributed by atoms with van der Waals surface area (Å²) in [5.74, 6) is -0.759. The molecule has 6 heteroatoms. The maximum Gasteiger partial charge on any atom is 0.410 e. The van der Waals surface area contributed by atoms with Crippen LogP contribution < -0.4 is 5.32 Å². The lowest BCUT2D eigenvalue weighted by atomic mass is 10.1. The summed E-state index contributed by atoms with van der Waals surface area (Å²) in [5, 5.41) is 12.2. The summed E-state index contributed by atoms with van der Waals surface area (Å²) in [4.78, 5) is 24.5. The Hall–Kier alpha value is -1.30. The van der Waals surface area contributed by atoms with Crippen molar-refractivity contribution in [3.8, 4) is 0 Å². The molecule has 2 N–H and O–H groups in total. The molecule has 0 bridgehead atoms. The van der Waals surface area contributed by atoms with Gasteiger partial charge in [0.1, 0.15) is 5.60 Å². The van der Waals surface area contributed by atoms with Gasteiger partial charge < -0.3 is 20.1 Å². The number of nitrogens with zero attached hydrogens (tertiary/aromatic N) is 1. The molecule has 1 fully saturated rings. The Morgan fingerprint density at radius 3 is 2.59 bits per heavy atom. The monoisotopic (exact) mass is 314 g/mol. The molecule has 2 atom stereocenters. The summed E-state index contributed by atoms with van der Waals surface area (Å²) in [5.41, 5.74) is -0.466. The minimum atomic E-state index is -0.759. The predicted octanol–water partition coefficient (Wildman–Crippen LogP) is 2.62. The molecule has 0 aromatic carbocycles. The van der Waals surface area contributed by atoms with Crippen molar-refractivity contribution in [2.24, 2.45) is 0 Å². The molecule has 2 unspecified atom stereocenters. The number of carbonyl (C=O) groups excluding carboxylic acids is 1. The Morgan fingerprint density at radius 1 is 1.32 bits per heavy atom. The Balaban J connectivity index is 2.39. The minimum absolute atomic E-state index is 0.175. The van der Waals surface area contributed by atoms with Gasteiger partial charge in [-0.25, -0.2) is 4.79 Å². The van der Waals surface area contributed by atoms with Gasteiger partial charge in [0.2, 0.25) is 0 Å². The topological polar surface area (TPSA) is 78.9 Å². The molecule has 0 aromatic rings. The number of aliphatic carboxylic acids is 1. The standard InChI is InChI=1S/C16H30N2O4/c1-12(7-8-14(19)20)17-13-6-5-10-18(11-9-13)15(21)22-16(2,3)4/h12-13,17H,5-11H2,1-4H3,(H,19,20). The van der Waals surface area contributed by atoms with Crippen LogP contribution in [0.15, 0.2) is 0 Å². The van der Waals surface area contributed by atoms with Gasteiger partial charge in [0.15, 0.2) is 0 Å². The van der Waals surface area contributed by atoms with E-state index in [1.54, 1.807) is 4.90 Å². The first-order valence-electron chi connectivity index (χ1n) is 8.13. The van der Waals surface area contributed by atoms with E-state index in [0.717, 1.165) is 25.8 Å². The molecule has 1 aliphatic rings. The Morgan fingerprint density at radius 2 is 2.00 bits per heavy atom. The first-order chi connectivity index (χ1) is 10.2. The van der Waals surface area contributed by atoms with Crippen molar-refractivity contribution >= 4 is 12.1 Å². The number of likely N-dealkylation sites (tertiary alicyclic amines) is 1. The predicted molar refractivity (Wildman–Crippen MR) is 84.9 cm³/mol. The normalized spacial score (nSPS) is 21.1. The number of hydrogen-bond donors (Lipinski definition) is 2. The van der Waals surface area contributed by atoms with Crippen LogP contribution in [0.4, 0.5) is 4.79 Å². The molecule has 0 saturated carbocycles. The van der Waals surface area contributed by atoms with E-state index in [1.165, 1.54) is 0 Å². The maximum absolute atomic E-state index is 12.1. The van der Waals surface area contributed by atoms with Gasteiger partial charge in [-0.15, -0.1) is 0 Å². The van der Waals surface area contributed by atoms with E-state index in [2.05, 4.69) is 5.32 Å². The van der Waals surface area contributed by atoms with Crippen LogP contribution in [0.2, 0.25) is 0 Å². The van der Waals surface area contributed by atoms with Gasteiger partial charge in [-0.1, -0.05) is 0 Å². The molecule has 1 saturated heterocycles. The van der Waals surface area contributed by atoms with Crippen molar-refractivity contribution in [1.29, 1.82) is 0 Å². The third-order valence-electron chi connectivity index (χ3n) is 3.69. The van der Waals surface area contributed by atoms with Gasteiger partial charge in [-0.05, 0) is 53.4 Å². The van der Waals surface area contributed by atoms with Crippen LogP contribution in [0.5, 0.6) is 0 Å². The molecule has 22 heavy (non-hydrogen) atoms. The highest BCUT2D eigenvalue weighted by Gasteiger charge is 2.25. The van der Waals surface area contributed by atoms with E-state index < -0.39 is 11.6 Å². The van der Waals surface area contributed by atoms with Crippen molar-refractivity contribution in [3.63, 3.8) is 0 Å². The van der Waals surface area contributed by atoms with Gasteiger partial charge in [-0.2, -0.15) is 0 Å². The zero-order valence-corrected chi connectivity index (χ0v) is 14.2. The lowest BCUT2D eigenvalue weighted by molar-refractivity contribution is -0.137. The summed E-state index contributed by atoms with van der Waals surface area (Å²) >= 11 is 0. The van der Waals surface area contributed by atoms with Crippen molar-refractivity contribution in [2.45, 2.75) is 77.5 Å². The number of amides is 1. The second kappa shape index (κ2) is 8.36.